The molecule has 1 aliphatic rings. The van der Waals surface area contributed by atoms with Crippen LogP contribution in [0, 0.1) is 0 Å². The summed E-state index contributed by atoms with van der Waals surface area (Å²) in [5.41, 5.74) is 7.90. The number of nitrogens with two attached hydrogens (primary N) is 1. The van der Waals surface area contributed by atoms with E-state index in [2.05, 4.69) is 22.0 Å². The molecule has 0 unspecified atom stereocenters. The first-order valence-corrected chi connectivity index (χ1v) is 8.07. The van der Waals surface area contributed by atoms with Crippen LogP contribution in [0.25, 0.3) is 0 Å². The Kier molecular flexibility index (Phi) is 4.08. The SMILES string of the molecule is Nc1cc2c(cc1CSc1ccccc1Br)OCCO2. The van der Waals surface area contributed by atoms with Crippen LogP contribution in [0.5, 0.6) is 11.5 Å². The van der Waals surface area contributed by atoms with E-state index in [0.29, 0.717) is 13.2 Å². The van der Waals surface area contributed by atoms with E-state index >= 15 is 0 Å². The zero-order valence-corrected chi connectivity index (χ0v) is 13.2. The van der Waals surface area contributed by atoms with E-state index in [-0.39, 0.29) is 0 Å². The third-order valence-electron chi connectivity index (χ3n) is 3.02. The molecular formula is C15H14BrNO2S. The summed E-state index contributed by atoms with van der Waals surface area (Å²) in [5.74, 6) is 2.32. The molecule has 0 aromatic heterocycles. The van der Waals surface area contributed by atoms with Crippen LogP contribution in [0.2, 0.25) is 0 Å². The molecule has 20 heavy (non-hydrogen) atoms. The Hall–Kier alpha value is -1.33. The zero-order valence-electron chi connectivity index (χ0n) is 10.8. The zero-order chi connectivity index (χ0) is 13.9. The normalized spacial score (nSPS) is 13.2. The number of hydrogen-bond donors (Lipinski definition) is 1. The van der Waals surface area contributed by atoms with Crippen LogP contribution in [-0.2, 0) is 5.75 Å². The van der Waals surface area contributed by atoms with Crippen molar-refractivity contribution >= 4 is 33.4 Å². The molecule has 3 rings (SSSR count). The van der Waals surface area contributed by atoms with Crippen LogP contribution in [0.1, 0.15) is 5.56 Å². The van der Waals surface area contributed by atoms with E-state index in [4.69, 9.17) is 15.2 Å². The summed E-state index contributed by atoms with van der Waals surface area (Å²) in [7, 11) is 0. The summed E-state index contributed by atoms with van der Waals surface area (Å²) in [6.45, 7) is 1.17. The lowest BCUT2D eigenvalue weighted by atomic mass is 10.2. The maximum atomic E-state index is 6.09. The first kappa shape index (κ1) is 13.6. The lowest BCUT2D eigenvalue weighted by Crippen LogP contribution is -2.15. The minimum absolute atomic E-state index is 0.581. The molecule has 0 saturated carbocycles. The summed E-state index contributed by atoms with van der Waals surface area (Å²) >= 11 is 5.29. The van der Waals surface area contributed by atoms with E-state index in [1.54, 1.807) is 11.8 Å². The fraction of sp³-hybridized carbons (Fsp3) is 0.200. The number of ether oxygens (including phenoxy) is 2. The monoisotopic (exact) mass is 351 g/mol. The molecule has 1 aliphatic heterocycles. The molecule has 0 radical (unpaired) electrons. The largest absolute Gasteiger partial charge is 0.486 e. The molecule has 104 valence electrons. The highest BCUT2D eigenvalue weighted by Gasteiger charge is 2.14. The average molecular weight is 352 g/mol. The number of hydrogen-bond acceptors (Lipinski definition) is 4. The van der Waals surface area contributed by atoms with E-state index in [9.17, 15) is 0 Å². The average Bonchev–Trinajstić information content (AvgIpc) is 2.46. The van der Waals surface area contributed by atoms with Crippen LogP contribution < -0.4 is 15.2 Å². The number of benzene rings is 2. The smallest absolute Gasteiger partial charge is 0.163 e. The molecule has 2 aromatic carbocycles. The third kappa shape index (κ3) is 2.88. The number of nitrogen functional groups attached to an aromatic ring is 1. The molecular weight excluding hydrogens is 338 g/mol. The van der Waals surface area contributed by atoms with Crippen molar-refractivity contribution in [2.75, 3.05) is 18.9 Å². The Morgan fingerprint density at radius 2 is 1.80 bits per heavy atom. The summed E-state index contributed by atoms with van der Waals surface area (Å²) in [5, 5.41) is 0. The van der Waals surface area contributed by atoms with E-state index in [1.165, 1.54) is 4.90 Å². The van der Waals surface area contributed by atoms with Crippen LogP contribution >= 0.6 is 27.7 Å². The first-order chi connectivity index (χ1) is 9.74. The first-order valence-electron chi connectivity index (χ1n) is 6.29. The van der Waals surface area contributed by atoms with Crippen molar-refractivity contribution in [1.82, 2.24) is 0 Å². The summed E-state index contributed by atoms with van der Waals surface area (Å²) in [4.78, 5) is 1.20. The van der Waals surface area contributed by atoms with Gasteiger partial charge in [0.15, 0.2) is 11.5 Å². The van der Waals surface area contributed by atoms with Gasteiger partial charge in [0.2, 0.25) is 0 Å². The van der Waals surface area contributed by atoms with E-state index < -0.39 is 0 Å². The van der Waals surface area contributed by atoms with Gasteiger partial charge in [-0.2, -0.15) is 0 Å². The molecule has 0 fully saturated rings. The fourth-order valence-corrected chi connectivity index (χ4v) is 3.56. The Morgan fingerprint density at radius 1 is 1.10 bits per heavy atom. The van der Waals surface area contributed by atoms with E-state index in [0.717, 1.165) is 33.0 Å². The van der Waals surface area contributed by atoms with Gasteiger partial charge in [0.05, 0.1) is 0 Å². The van der Waals surface area contributed by atoms with Crippen molar-refractivity contribution in [3.8, 4) is 11.5 Å². The third-order valence-corrected chi connectivity index (χ3v) is 5.10. The lowest BCUT2D eigenvalue weighted by Gasteiger charge is -2.20. The molecule has 1 heterocycles. The van der Waals surface area contributed by atoms with Gasteiger partial charge in [0.25, 0.3) is 0 Å². The predicted octanol–water partition coefficient (Wildman–Crippen LogP) is 4.09. The molecule has 5 heteroatoms. The van der Waals surface area contributed by atoms with Crippen molar-refractivity contribution in [3.05, 3.63) is 46.4 Å². The standard InChI is InChI=1S/C15H14BrNO2S/c16-11-3-1-2-4-15(11)20-9-10-7-13-14(8-12(10)17)19-6-5-18-13/h1-4,7-8H,5-6,9,17H2. The summed E-state index contributed by atoms with van der Waals surface area (Å²) in [6.07, 6.45) is 0. The molecule has 2 N–H and O–H groups in total. The van der Waals surface area contributed by atoms with Gasteiger partial charge >= 0.3 is 0 Å². The number of anilines is 1. The van der Waals surface area contributed by atoms with Gasteiger partial charge in [-0.05, 0) is 39.7 Å². The highest BCUT2D eigenvalue weighted by molar-refractivity contribution is 9.10. The summed E-state index contributed by atoms with van der Waals surface area (Å²) < 4.78 is 12.2. The van der Waals surface area contributed by atoms with Crippen molar-refractivity contribution < 1.29 is 9.47 Å². The summed E-state index contributed by atoms with van der Waals surface area (Å²) in [6, 6.07) is 12.0. The second-order valence-corrected chi connectivity index (χ2v) is 6.29. The predicted molar refractivity (Wildman–Crippen MR) is 85.5 cm³/mol. The van der Waals surface area contributed by atoms with Gasteiger partial charge in [0, 0.05) is 26.9 Å². The van der Waals surface area contributed by atoms with Crippen molar-refractivity contribution in [1.29, 1.82) is 0 Å². The van der Waals surface area contributed by atoms with Crippen LogP contribution in [0.4, 0.5) is 5.69 Å². The second kappa shape index (κ2) is 5.97. The number of thioether (sulfide) groups is 1. The topological polar surface area (TPSA) is 44.5 Å². The van der Waals surface area contributed by atoms with Crippen molar-refractivity contribution in [2.24, 2.45) is 0 Å². The van der Waals surface area contributed by atoms with Gasteiger partial charge in [-0.3, -0.25) is 0 Å². The van der Waals surface area contributed by atoms with Crippen LogP contribution in [-0.4, -0.2) is 13.2 Å². The molecule has 3 nitrogen and oxygen atoms in total. The highest BCUT2D eigenvalue weighted by atomic mass is 79.9. The van der Waals surface area contributed by atoms with Crippen LogP contribution in [0.15, 0.2) is 45.8 Å². The molecule has 0 spiro atoms. The van der Waals surface area contributed by atoms with Gasteiger partial charge in [-0.1, -0.05) is 12.1 Å². The van der Waals surface area contributed by atoms with Crippen molar-refractivity contribution in [3.63, 3.8) is 0 Å². The van der Waals surface area contributed by atoms with Gasteiger partial charge in [0.1, 0.15) is 13.2 Å². The minimum Gasteiger partial charge on any atom is -0.486 e. The second-order valence-electron chi connectivity index (χ2n) is 4.41. The number of fused-ring (bicyclic) bond motifs is 1. The number of rotatable bonds is 3. The van der Waals surface area contributed by atoms with Gasteiger partial charge < -0.3 is 15.2 Å². The van der Waals surface area contributed by atoms with Gasteiger partial charge in [-0.25, -0.2) is 0 Å². The fourth-order valence-electron chi connectivity index (χ4n) is 1.99. The molecule has 0 amide bonds. The van der Waals surface area contributed by atoms with Gasteiger partial charge in [-0.15, -0.1) is 11.8 Å². The quantitative estimate of drug-likeness (QED) is 0.667. The van der Waals surface area contributed by atoms with Crippen LogP contribution in [0.3, 0.4) is 0 Å². The van der Waals surface area contributed by atoms with Crippen molar-refractivity contribution in [2.45, 2.75) is 10.6 Å². The highest BCUT2D eigenvalue weighted by Crippen LogP contribution is 2.37. The molecule has 2 aromatic rings. The lowest BCUT2D eigenvalue weighted by molar-refractivity contribution is 0.171. The molecule has 0 aliphatic carbocycles. The van der Waals surface area contributed by atoms with E-state index in [1.807, 2.05) is 30.3 Å². The Balaban J connectivity index is 1.79. The molecule has 0 atom stereocenters. The number of halogens is 1. The molecule has 0 bridgehead atoms. The maximum absolute atomic E-state index is 6.09. The Labute approximate surface area is 130 Å². The Morgan fingerprint density at radius 3 is 2.55 bits per heavy atom. The molecule has 0 saturated heterocycles. The minimum atomic E-state index is 0.581. The maximum Gasteiger partial charge on any atom is 0.163 e. The Bertz CT molecular complexity index is 633.